The summed E-state index contributed by atoms with van der Waals surface area (Å²) in [6.45, 7) is 4.80. The highest BCUT2D eigenvalue weighted by atomic mass is 16.4. The van der Waals surface area contributed by atoms with E-state index in [1.165, 1.54) is 19.0 Å². The second kappa shape index (κ2) is 19.8. The molecule has 0 aliphatic carbocycles. The Morgan fingerprint density at radius 3 is 0.857 bits per heavy atom. The zero-order chi connectivity index (χ0) is 17.1. The molecular weight excluding hydrogens is 282 g/mol. The molecule has 0 aliphatic heterocycles. The minimum absolute atomic E-state index is 0.222. The normalized spacial score (nSPS) is 7.57. The fourth-order valence-electron chi connectivity index (χ4n) is 0.205. The topological polar surface area (TPSA) is 151 Å². The highest BCUT2D eigenvalue weighted by Crippen LogP contribution is 1.68. The Morgan fingerprint density at radius 1 is 0.667 bits per heavy atom. The smallest absolute Gasteiger partial charge is 0.303 e. The van der Waals surface area contributed by atoms with Crippen LogP contribution in [-0.2, 0) is 14.4 Å². The molecule has 0 unspecified atom stereocenters. The van der Waals surface area contributed by atoms with Gasteiger partial charge in [0, 0.05) is 19.3 Å². The average molecular weight is 303 g/mol. The predicted molar refractivity (Wildman–Crippen MR) is 73.6 cm³/mol. The summed E-state index contributed by atoms with van der Waals surface area (Å²) >= 11 is 0. The molecule has 0 aliphatic rings. The molecule has 1 heterocycles. The first kappa shape index (κ1) is 23.5. The van der Waals surface area contributed by atoms with Crippen LogP contribution in [0, 0.1) is 0 Å². The number of hydrogen-bond donors (Lipinski definition) is 3. The highest BCUT2D eigenvalue weighted by Gasteiger charge is 1.81. The van der Waals surface area contributed by atoms with Crippen molar-refractivity contribution in [2.45, 2.75) is 40.0 Å². The van der Waals surface area contributed by atoms with Crippen molar-refractivity contribution in [3.8, 4) is 0 Å². The summed E-state index contributed by atoms with van der Waals surface area (Å²) in [5, 5.41) is 23.2. The summed E-state index contributed by atoms with van der Waals surface area (Å²) in [5.74, 6) is -2.24. The van der Waals surface area contributed by atoms with E-state index in [0.29, 0.717) is 0 Å². The van der Waals surface area contributed by atoms with E-state index in [9.17, 15) is 14.4 Å². The molecular formula is C12H21N3O6. The molecule has 9 heteroatoms. The molecule has 3 N–H and O–H groups in total. The van der Waals surface area contributed by atoms with Crippen molar-refractivity contribution in [1.29, 1.82) is 0 Å². The van der Waals surface area contributed by atoms with E-state index >= 15 is 0 Å². The Kier molecular flexibility index (Phi) is 22.1. The molecule has 0 spiro atoms. The zero-order valence-corrected chi connectivity index (χ0v) is 12.3. The first-order valence-electron chi connectivity index (χ1n) is 6.01. The molecule has 1 aromatic rings. The summed E-state index contributed by atoms with van der Waals surface area (Å²) in [6.07, 6.45) is 4.98. The minimum Gasteiger partial charge on any atom is -0.481 e. The van der Waals surface area contributed by atoms with Gasteiger partial charge in [0.25, 0.3) is 0 Å². The molecule has 0 aromatic carbocycles. The third-order valence-electron chi connectivity index (χ3n) is 1.31. The molecule has 1 rings (SSSR count). The van der Waals surface area contributed by atoms with Crippen LogP contribution in [0.1, 0.15) is 40.0 Å². The van der Waals surface area contributed by atoms with Crippen LogP contribution in [0.3, 0.4) is 0 Å². The summed E-state index contributed by atoms with van der Waals surface area (Å²) < 4.78 is 0. The van der Waals surface area contributed by atoms with E-state index in [1.54, 1.807) is 20.8 Å². The van der Waals surface area contributed by atoms with Crippen molar-refractivity contribution >= 4 is 17.9 Å². The van der Waals surface area contributed by atoms with Crippen molar-refractivity contribution in [2.75, 3.05) is 0 Å². The first-order valence-corrected chi connectivity index (χ1v) is 6.01. The van der Waals surface area contributed by atoms with Gasteiger partial charge in [-0.25, -0.2) is 15.0 Å². The quantitative estimate of drug-likeness (QED) is 0.750. The summed E-state index contributed by atoms with van der Waals surface area (Å²) in [6, 6.07) is 0. The van der Waals surface area contributed by atoms with Crippen LogP contribution in [0.2, 0.25) is 0 Å². The van der Waals surface area contributed by atoms with Crippen molar-refractivity contribution < 1.29 is 29.7 Å². The van der Waals surface area contributed by atoms with Crippen molar-refractivity contribution in [3.05, 3.63) is 19.0 Å². The van der Waals surface area contributed by atoms with Crippen molar-refractivity contribution in [1.82, 2.24) is 15.0 Å². The van der Waals surface area contributed by atoms with Gasteiger partial charge in [0.05, 0.1) is 0 Å². The minimum atomic E-state index is -0.745. The SMILES string of the molecule is CCC(=O)O.CCC(=O)O.CCC(=O)O.c1ncncn1. The van der Waals surface area contributed by atoms with Crippen LogP contribution in [0.15, 0.2) is 19.0 Å². The van der Waals surface area contributed by atoms with E-state index in [-0.39, 0.29) is 19.3 Å². The second-order valence-corrected chi connectivity index (χ2v) is 3.04. The van der Waals surface area contributed by atoms with Gasteiger partial charge < -0.3 is 15.3 Å². The number of aliphatic carboxylic acids is 3. The number of carboxylic acids is 3. The van der Waals surface area contributed by atoms with E-state index in [4.69, 9.17) is 15.3 Å². The number of rotatable bonds is 3. The van der Waals surface area contributed by atoms with Crippen LogP contribution in [0.5, 0.6) is 0 Å². The molecule has 0 amide bonds. The van der Waals surface area contributed by atoms with Gasteiger partial charge in [-0.15, -0.1) is 0 Å². The standard InChI is InChI=1S/C3H3N3.3C3H6O2/c1-4-2-6-3-5-1;3*1-2-3(4)5/h1-3H;3*2H2,1H3,(H,4,5). The van der Waals surface area contributed by atoms with Gasteiger partial charge in [0.1, 0.15) is 19.0 Å². The Labute approximate surface area is 122 Å². The lowest BCUT2D eigenvalue weighted by Gasteiger charge is -1.71. The van der Waals surface area contributed by atoms with Gasteiger partial charge in [-0.2, -0.15) is 0 Å². The molecule has 0 atom stereocenters. The molecule has 21 heavy (non-hydrogen) atoms. The lowest BCUT2D eigenvalue weighted by atomic mass is 10.5. The maximum atomic E-state index is 9.37. The van der Waals surface area contributed by atoms with E-state index < -0.39 is 17.9 Å². The number of hydrogen-bond acceptors (Lipinski definition) is 6. The van der Waals surface area contributed by atoms with Crippen LogP contribution in [0.4, 0.5) is 0 Å². The lowest BCUT2D eigenvalue weighted by molar-refractivity contribution is -0.137. The molecule has 0 radical (unpaired) electrons. The lowest BCUT2D eigenvalue weighted by Crippen LogP contribution is -1.86. The van der Waals surface area contributed by atoms with Crippen molar-refractivity contribution in [3.63, 3.8) is 0 Å². The number of carbonyl (C=O) groups is 3. The molecule has 0 saturated heterocycles. The number of carboxylic acid groups (broad SMARTS) is 3. The fourth-order valence-corrected chi connectivity index (χ4v) is 0.205. The van der Waals surface area contributed by atoms with E-state index in [1.807, 2.05) is 0 Å². The van der Waals surface area contributed by atoms with Crippen LogP contribution >= 0.6 is 0 Å². The zero-order valence-electron chi connectivity index (χ0n) is 12.3. The summed E-state index contributed by atoms with van der Waals surface area (Å²) in [7, 11) is 0. The Balaban J connectivity index is -0.000000207. The third-order valence-corrected chi connectivity index (χ3v) is 1.31. The molecule has 1 aromatic heterocycles. The van der Waals surface area contributed by atoms with Gasteiger partial charge in [-0.3, -0.25) is 14.4 Å². The van der Waals surface area contributed by atoms with E-state index in [0.717, 1.165) is 0 Å². The number of nitrogens with zero attached hydrogens (tertiary/aromatic N) is 3. The van der Waals surface area contributed by atoms with Gasteiger partial charge in [0.15, 0.2) is 0 Å². The van der Waals surface area contributed by atoms with Crippen molar-refractivity contribution in [2.24, 2.45) is 0 Å². The molecule has 0 bridgehead atoms. The third kappa shape index (κ3) is 46.7. The largest absolute Gasteiger partial charge is 0.481 e. The Hall–Kier alpha value is -2.58. The Morgan fingerprint density at radius 2 is 0.810 bits per heavy atom. The van der Waals surface area contributed by atoms with E-state index in [2.05, 4.69) is 15.0 Å². The van der Waals surface area contributed by atoms with Gasteiger partial charge in [-0.1, -0.05) is 20.8 Å². The second-order valence-electron chi connectivity index (χ2n) is 3.04. The molecule has 120 valence electrons. The molecule has 9 nitrogen and oxygen atoms in total. The van der Waals surface area contributed by atoms with Crippen LogP contribution in [-0.4, -0.2) is 48.2 Å². The number of aromatic nitrogens is 3. The highest BCUT2D eigenvalue weighted by molar-refractivity contribution is 5.66. The summed E-state index contributed by atoms with van der Waals surface area (Å²) in [5.41, 5.74) is 0. The first-order chi connectivity index (χ1) is 9.81. The van der Waals surface area contributed by atoms with Crippen LogP contribution in [0.25, 0.3) is 0 Å². The maximum absolute atomic E-state index is 9.37. The predicted octanol–water partition coefficient (Wildman–Crippen LogP) is 1.31. The molecule has 0 fully saturated rings. The Bertz CT molecular complexity index is 313. The summed E-state index contributed by atoms with van der Waals surface area (Å²) in [4.78, 5) is 38.8. The molecule has 0 saturated carbocycles. The van der Waals surface area contributed by atoms with Gasteiger partial charge >= 0.3 is 17.9 Å². The average Bonchev–Trinajstić information content (AvgIpc) is 2.50. The fraction of sp³-hybridized carbons (Fsp3) is 0.500. The maximum Gasteiger partial charge on any atom is 0.303 e. The van der Waals surface area contributed by atoms with Gasteiger partial charge in [-0.05, 0) is 0 Å². The van der Waals surface area contributed by atoms with Gasteiger partial charge in [0.2, 0.25) is 0 Å². The van der Waals surface area contributed by atoms with Crippen LogP contribution < -0.4 is 0 Å². The monoisotopic (exact) mass is 303 g/mol.